The molecule has 0 saturated heterocycles. The molecule has 1 aliphatic rings. The lowest BCUT2D eigenvalue weighted by atomic mass is 10.0. The van der Waals surface area contributed by atoms with Crippen LogP contribution in [0.15, 0.2) is 60.7 Å². The van der Waals surface area contributed by atoms with E-state index in [2.05, 4.69) is 17.0 Å². The van der Waals surface area contributed by atoms with Crippen molar-refractivity contribution in [3.05, 3.63) is 76.3 Å². The molecule has 0 atom stereocenters. The first-order chi connectivity index (χ1) is 14.2. The van der Waals surface area contributed by atoms with Crippen LogP contribution in [0.2, 0.25) is 5.02 Å². The van der Waals surface area contributed by atoms with Gasteiger partial charge in [0, 0.05) is 23.7 Å². The van der Waals surface area contributed by atoms with Crippen LogP contribution in [0.3, 0.4) is 0 Å². The van der Waals surface area contributed by atoms with E-state index in [0.717, 1.165) is 40.3 Å². The Hall–Kier alpha value is -2.60. The van der Waals surface area contributed by atoms with Gasteiger partial charge in [0.2, 0.25) is 0 Å². The Morgan fingerprint density at radius 1 is 1.07 bits per heavy atom. The van der Waals surface area contributed by atoms with Crippen molar-refractivity contribution in [1.82, 2.24) is 9.88 Å². The first-order valence-electron chi connectivity index (χ1n) is 9.47. The zero-order chi connectivity index (χ0) is 19.8. The number of halogens is 1. The molecule has 6 heteroatoms. The Morgan fingerprint density at radius 3 is 2.83 bits per heavy atom. The van der Waals surface area contributed by atoms with Gasteiger partial charge in [0.25, 0.3) is 0 Å². The smallest absolute Gasteiger partial charge is 0.165 e. The summed E-state index contributed by atoms with van der Waals surface area (Å²) >= 11 is 7.88. The van der Waals surface area contributed by atoms with Crippen LogP contribution >= 0.6 is 22.9 Å². The van der Waals surface area contributed by atoms with Gasteiger partial charge >= 0.3 is 0 Å². The van der Waals surface area contributed by atoms with Crippen LogP contribution in [-0.2, 0) is 13.1 Å². The molecule has 29 heavy (non-hydrogen) atoms. The molecule has 5 rings (SSSR count). The van der Waals surface area contributed by atoms with Crippen LogP contribution in [0, 0.1) is 0 Å². The van der Waals surface area contributed by atoms with Gasteiger partial charge in [0.15, 0.2) is 11.5 Å². The second-order valence-electron chi connectivity index (χ2n) is 7.13. The van der Waals surface area contributed by atoms with Crippen molar-refractivity contribution in [2.45, 2.75) is 13.1 Å². The van der Waals surface area contributed by atoms with Crippen molar-refractivity contribution in [3.8, 4) is 22.6 Å². The monoisotopic (exact) mass is 422 g/mol. The molecule has 1 aromatic heterocycles. The Balaban J connectivity index is 1.45. The highest BCUT2D eigenvalue weighted by Crippen LogP contribution is 2.38. The van der Waals surface area contributed by atoms with E-state index in [9.17, 15) is 5.11 Å². The average Bonchev–Trinajstić information content (AvgIpc) is 3.00. The van der Waals surface area contributed by atoms with Crippen molar-refractivity contribution in [1.29, 1.82) is 0 Å². The molecule has 0 fully saturated rings. The number of hydrogen-bond acceptors (Lipinski definition) is 5. The van der Waals surface area contributed by atoms with Gasteiger partial charge in [-0.2, -0.15) is 0 Å². The Labute approximate surface area is 178 Å². The van der Waals surface area contributed by atoms with Gasteiger partial charge in [0.1, 0.15) is 11.6 Å². The highest BCUT2D eigenvalue weighted by atomic mass is 35.5. The van der Waals surface area contributed by atoms with Gasteiger partial charge < -0.3 is 9.84 Å². The molecule has 0 bridgehead atoms. The second kappa shape index (κ2) is 7.67. The number of nitrogens with zero attached hydrogens (tertiary/aromatic N) is 2. The van der Waals surface area contributed by atoms with Crippen LogP contribution in [0.4, 0.5) is 0 Å². The summed E-state index contributed by atoms with van der Waals surface area (Å²) in [4.78, 5) is 7.07. The van der Waals surface area contributed by atoms with Gasteiger partial charge in [-0.3, -0.25) is 4.90 Å². The molecule has 3 aromatic carbocycles. The summed E-state index contributed by atoms with van der Waals surface area (Å²) in [5.74, 6) is 0.738. The number of ether oxygens (including phenoxy) is 1. The summed E-state index contributed by atoms with van der Waals surface area (Å²) in [5.41, 5.74) is 3.91. The predicted molar refractivity (Wildman–Crippen MR) is 118 cm³/mol. The molecule has 4 nitrogen and oxygen atoms in total. The van der Waals surface area contributed by atoms with E-state index >= 15 is 0 Å². The molecule has 146 valence electrons. The van der Waals surface area contributed by atoms with E-state index in [1.165, 1.54) is 4.70 Å². The second-order valence-corrected chi connectivity index (χ2v) is 8.68. The van der Waals surface area contributed by atoms with Gasteiger partial charge in [0.05, 0.1) is 16.8 Å². The minimum absolute atomic E-state index is 0.166. The van der Waals surface area contributed by atoms with E-state index in [4.69, 9.17) is 21.3 Å². The first kappa shape index (κ1) is 18.4. The summed E-state index contributed by atoms with van der Waals surface area (Å²) in [7, 11) is 0. The van der Waals surface area contributed by atoms with Crippen LogP contribution in [0.25, 0.3) is 21.3 Å². The normalized spacial score (nSPS) is 14.4. The van der Waals surface area contributed by atoms with Gasteiger partial charge in [-0.25, -0.2) is 4.98 Å². The van der Waals surface area contributed by atoms with Crippen LogP contribution < -0.4 is 4.74 Å². The fraction of sp³-hybridized carbons (Fsp3) is 0.174. The highest BCUT2D eigenvalue weighted by Gasteiger charge is 2.21. The lowest BCUT2D eigenvalue weighted by Gasteiger charge is -2.18. The van der Waals surface area contributed by atoms with Crippen molar-refractivity contribution >= 4 is 33.2 Å². The number of aromatic nitrogens is 1. The number of fused-ring (bicyclic) bond motifs is 2. The molecule has 0 radical (unpaired) electrons. The Kier molecular flexibility index (Phi) is 4.87. The van der Waals surface area contributed by atoms with Crippen LogP contribution in [0.1, 0.15) is 10.6 Å². The minimum Gasteiger partial charge on any atom is -0.504 e. The highest BCUT2D eigenvalue weighted by molar-refractivity contribution is 7.18. The maximum atomic E-state index is 10.6. The van der Waals surface area contributed by atoms with Gasteiger partial charge in [-0.05, 0) is 47.5 Å². The number of phenolic OH excluding ortho intramolecular Hbond substituents is 1. The summed E-state index contributed by atoms with van der Waals surface area (Å²) in [5, 5.41) is 12.3. The molecular formula is C23H19ClN2O2S. The topological polar surface area (TPSA) is 45.6 Å². The molecule has 0 aliphatic carbocycles. The lowest BCUT2D eigenvalue weighted by molar-refractivity contribution is 0.217. The van der Waals surface area contributed by atoms with Gasteiger partial charge in [-0.15, -0.1) is 11.3 Å². The quantitative estimate of drug-likeness (QED) is 0.458. The zero-order valence-electron chi connectivity index (χ0n) is 15.6. The van der Waals surface area contributed by atoms with E-state index in [-0.39, 0.29) is 5.75 Å². The van der Waals surface area contributed by atoms with E-state index < -0.39 is 0 Å². The maximum absolute atomic E-state index is 10.6. The van der Waals surface area contributed by atoms with E-state index in [0.29, 0.717) is 23.9 Å². The third-order valence-corrected chi connectivity index (χ3v) is 6.31. The molecule has 0 amide bonds. The van der Waals surface area contributed by atoms with Crippen LogP contribution in [0.5, 0.6) is 11.5 Å². The molecule has 1 aliphatic heterocycles. The largest absolute Gasteiger partial charge is 0.504 e. The number of rotatable bonds is 3. The van der Waals surface area contributed by atoms with Crippen molar-refractivity contribution in [3.63, 3.8) is 0 Å². The van der Waals surface area contributed by atoms with Crippen LogP contribution in [-0.4, -0.2) is 28.1 Å². The lowest BCUT2D eigenvalue weighted by Crippen LogP contribution is -2.25. The van der Waals surface area contributed by atoms with E-state index in [1.54, 1.807) is 17.4 Å². The fourth-order valence-corrected chi connectivity index (χ4v) is 4.90. The first-order valence-corrected chi connectivity index (χ1v) is 10.7. The number of thiazole rings is 1. The standard InChI is InChI=1S/C23H19ClN2O2S/c24-18-5-3-4-15(11-18)16-10-17-13-26(8-9-28-23(17)20(27)12-16)14-22-25-19-6-1-2-7-21(19)29-22/h1-7,10-12,27H,8-9,13-14H2. The SMILES string of the molecule is Oc1cc(-c2cccc(Cl)c2)cc2c1OCCN(Cc1nc3ccccc3s1)C2. The third-order valence-electron chi connectivity index (χ3n) is 5.05. The summed E-state index contributed by atoms with van der Waals surface area (Å²) < 4.78 is 7.09. The fourth-order valence-electron chi connectivity index (χ4n) is 3.70. The summed E-state index contributed by atoms with van der Waals surface area (Å²) in [6.07, 6.45) is 0. The summed E-state index contributed by atoms with van der Waals surface area (Å²) in [6, 6.07) is 19.7. The number of para-hydroxylation sites is 1. The zero-order valence-corrected chi connectivity index (χ0v) is 17.2. The number of benzene rings is 3. The Bertz CT molecular complexity index is 1160. The number of phenols is 1. The molecule has 0 spiro atoms. The van der Waals surface area contributed by atoms with Crippen molar-refractivity contribution in [2.75, 3.05) is 13.2 Å². The average molecular weight is 423 g/mol. The molecule has 4 aromatic rings. The molecule has 0 unspecified atom stereocenters. The summed E-state index contributed by atoms with van der Waals surface area (Å²) in [6.45, 7) is 2.75. The molecule has 1 N–H and O–H groups in total. The van der Waals surface area contributed by atoms with E-state index in [1.807, 2.05) is 42.5 Å². The third kappa shape index (κ3) is 3.81. The molecule has 0 saturated carbocycles. The van der Waals surface area contributed by atoms with Crippen molar-refractivity contribution in [2.24, 2.45) is 0 Å². The Morgan fingerprint density at radius 2 is 1.97 bits per heavy atom. The minimum atomic E-state index is 0.166. The molecule has 2 heterocycles. The number of hydrogen-bond donors (Lipinski definition) is 1. The molecular weight excluding hydrogens is 404 g/mol. The number of aromatic hydroxyl groups is 1. The maximum Gasteiger partial charge on any atom is 0.165 e. The van der Waals surface area contributed by atoms with Gasteiger partial charge in [-0.1, -0.05) is 35.9 Å². The van der Waals surface area contributed by atoms with Crippen molar-refractivity contribution < 1.29 is 9.84 Å². The predicted octanol–water partition coefficient (Wildman–Crippen LogP) is 5.72.